The van der Waals surface area contributed by atoms with Crippen molar-refractivity contribution in [2.75, 3.05) is 13.2 Å². The lowest BCUT2D eigenvalue weighted by Gasteiger charge is -2.16. The van der Waals surface area contributed by atoms with E-state index in [1.54, 1.807) is 11.8 Å². The van der Waals surface area contributed by atoms with Crippen LogP contribution in [-0.4, -0.2) is 36.4 Å². The van der Waals surface area contributed by atoms with Crippen molar-refractivity contribution in [3.05, 3.63) is 35.4 Å². The number of benzene rings is 1. The molecule has 0 radical (unpaired) electrons. The number of aliphatic imine (C=N–C) groups is 1. The molecule has 1 aromatic rings. The lowest BCUT2D eigenvalue weighted by molar-refractivity contribution is -0.144. The third kappa shape index (κ3) is 3.07. The molecule has 0 bridgehead atoms. The summed E-state index contributed by atoms with van der Waals surface area (Å²) in [6.45, 7) is 2.50. The van der Waals surface area contributed by atoms with E-state index in [-0.39, 0.29) is 12.1 Å². The third-order valence-corrected chi connectivity index (χ3v) is 2.78. The zero-order valence-corrected chi connectivity index (χ0v) is 10.5. The monoisotopic (exact) mass is 268 g/mol. The molecule has 0 saturated carbocycles. The molecule has 0 fully saturated rings. The Kier molecular flexibility index (Phi) is 4.09. The Morgan fingerprint density at radius 1 is 1.53 bits per heavy atom. The Morgan fingerprint density at radius 2 is 2.32 bits per heavy atom. The molecule has 1 heterocycles. The van der Waals surface area contributed by atoms with E-state index in [1.165, 1.54) is 18.5 Å². The molecule has 102 valence electrons. The van der Waals surface area contributed by atoms with Crippen LogP contribution in [0.5, 0.6) is 0 Å². The molecule has 4 nitrogen and oxygen atoms in total. The number of nitrogens with zero attached hydrogens (tertiary/aromatic N) is 2. The van der Waals surface area contributed by atoms with Gasteiger partial charge in [0.05, 0.1) is 19.5 Å². The number of rotatable bonds is 4. The van der Waals surface area contributed by atoms with Crippen molar-refractivity contribution in [2.45, 2.75) is 19.5 Å². The molecule has 0 amide bonds. The van der Waals surface area contributed by atoms with Crippen molar-refractivity contribution < 1.29 is 18.3 Å². The van der Waals surface area contributed by atoms with E-state index in [0.717, 1.165) is 6.07 Å². The van der Waals surface area contributed by atoms with Crippen LogP contribution in [-0.2, 0) is 16.1 Å². The predicted molar refractivity (Wildman–Crippen MR) is 65.7 cm³/mol. The van der Waals surface area contributed by atoms with Gasteiger partial charge in [-0.1, -0.05) is 12.1 Å². The van der Waals surface area contributed by atoms with Crippen LogP contribution in [0.3, 0.4) is 0 Å². The first-order valence-electron chi connectivity index (χ1n) is 5.98. The Balaban J connectivity index is 1.98. The highest BCUT2D eigenvalue weighted by molar-refractivity contribution is 5.80. The Morgan fingerprint density at radius 3 is 3.05 bits per heavy atom. The van der Waals surface area contributed by atoms with Crippen LogP contribution >= 0.6 is 0 Å². The van der Waals surface area contributed by atoms with Crippen LogP contribution in [0.1, 0.15) is 12.5 Å². The van der Waals surface area contributed by atoms with Crippen molar-refractivity contribution in [1.82, 2.24) is 4.90 Å². The highest BCUT2D eigenvalue weighted by atomic mass is 19.2. The summed E-state index contributed by atoms with van der Waals surface area (Å²) in [4.78, 5) is 17.1. The predicted octanol–water partition coefficient (Wildman–Crippen LogP) is 1.74. The van der Waals surface area contributed by atoms with E-state index in [2.05, 4.69) is 4.99 Å². The first-order chi connectivity index (χ1) is 9.11. The van der Waals surface area contributed by atoms with Gasteiger partial charge in [-0.2, -0.15) is 0 Å². The quantitative estimate of drug-likeness (QED) is 0.781. The molecular formula is C13H14F2N2O2. The molecule has 0 spiro atoms. The lowest BCUT2D eigenvalue weighted by Crippen LogP contribution is -2.29. The van der Waals surface area contributed by atoms with Crippen molar-refractivity contribution >= 4 is 12.3 Å². The molecule has 0 aromatic heterocycles. The van der Waals surface area contributed by atoms with Gasteiger partial charge in [-0.15, -0.1) is 0 Å². The molecular weight excluding hydrogens is 254 g/mol. The minimum atomic E-state index is -0.879. The van der Waals surface area contributed by atoms with Crippen LogP contribution in [0, 0.1) is 11.6 Å². The van der Waals surface area contributed by atoms with Crippen molar-refractivity contribution in [3.63, 3.8) is 0 Å². The normalized spacial score (nSPS) is 17.8. The first-order valence-corrected chi connectivity index (χ1v) is 5.98. The second kappa shape index (κ2) is 5.77. The van der Waals surface area contributed by atoms with Gasteiger partial charge in [0, 0.05) is 12.1 Å². The van der Waals surface area contributed by atoms with Crippen LogP contribution in [0.2, 0.25) is 0 Å². The molecule has 1 aliphatic heterocycles. The number of halogens is 2. The topological polar surface area (TPSA) is 41.9 Å². The minimum absolute atomic E-state index is 0.170. The molecule has 1 unspecified atom stereocenters. The lowest BCUT2D eigenvalue weighted by atomic mass is 10.2. The molecule has 1 atom stereocenters. The number of carbonyl (C=O) groups is 1. The van der Waals surface area contributed by atoms with Gasteiger partial charge < -0.3 is 9.64 Å². The van der Waals surface area contributed by atoms with Gasteiger partial charge in [-0.05, 0) is 13.0 Å². The fourth-order valence-electron chi connectivity index (χ4n) is 1.86. The summed E-state index contributed by atoms with van der Waals surface area (Å²) < 4.78 is 31.4. The summed E-state index contributed by atoms with van der Waals surface area (Å²) in [5.41, 5.74) is 0.232. The van der Waals surface area contributed by atoms with Gasteiger partial charge in [0.25, 0.3) is 0 Å². The maximum atomic E-state index is 13.5. The number of hydrogen-bond acceptors (Lipinski definition) is 4. The van der Waals surface area contributed by atoms with Crippen LogP contribution < -0.4 is 0 Å². The number of ether oxygens (including phenoxy) is 1. The Bertz CT molecular complexity index is 505. The summed E-state index contributed by atoms with van der Waals surface area (Å²) in [6, 6.07) is 3.43. The largest absolute Gasteiger partial charge is 0.464 e. The summed E-state index contributed by atoms with van der Waals surface area (Å²) in [7, 11) is 0. The molecule has 0 saturated heterocycles. The van der Waals surface area contributed by atoms with E-state index >= 15 is 0 Å². The summed E-state index contributed by atoms with van der Waals surface area (Å²) >= 11 is 0. The van der Waals surface area contributed by atoms with Crippen LogP contribution in [0.25, 0.3) is 0 Å². The van der Waals surface area contributed by atoms with Gasteiger partial charge in [-0.3, -0.25) is 4.99 Å². The average molecular weight is 268 g/mol. The van der Waals surface area contributed by atoms with Gasteiger partial charge >= 0.3 is 5.97 Å². The third-order valence-electron chi connectivity index (χ3n) is 2.78. The van der Waals surface area contributed by atoms with E-state index < -0.39 is 23.6 Å². The highest BCUT2D eigenvalue weighted by Crippen LogP contribution is 2.15. The number of carbonyl (C=O) groups excluding carboxylic acids is 1. The molecule has 19 heavy (non-hydrogen) atoms. The summed E-state index contributed by atoms with van der Waals surface area (Å²) in [5.74, 6) is -2.15. The standard InChI is InChI=1S/C13H14F2N2O2/c1-2-19-13(18)11-7-17(8-16-11)6-9-4-3-5-10(14)12(9)15/h3-5,8,11H,2,6-7H2,1H3. The molecule has 1 aromatic carbocycles. The molecule has 0 N–H and O–H groups in total. The fraction of sp³-hybridized carbons (Fsp3) is 0.385. The van der Waals surface area contributed by atoms with Crippen molar-refractivity contribution in [3.8, 4) is 0 Å². The van der Waals surface area contributed by atoms with Gasteiger partial charge in [-0.25, -0.2) is 13.6 Å². The van der Waals surface area contributed by atoms with Gasteiger partial charge in [0.1, 0.15) is 0 Å². The molecule has 2 rings (SSSR count). The van der Waals surface area contributed by atoms with E-state index in [4.69, 9.17) is 4.74 Å². The maximum Gasteiger partial charge on any atom is 0.332 e. The van der Waals surface area contributed by atoms with Crippen LogP contribution in [0.4, 0.5) is 8.78 Å². The fourth-order valence-corrected chi connectivity index (χ4v) is 1.86. The zero-order chi connectivity index (χ0) is 13.8. The van der Waals surface area contributed by atoms with Gasteiger partial charge in [0.2, 0.25) is 0 Å². The molecule has 6 heteroatoms. The minimum Gasteiger partial charge on any atom is -0.464 e. The second-order valence-electron chi connectivity index (χ2n) is 4.17. The van der Waals surface area contributed by atoms with Crippen molar-refractivity contribution in [1.29, 1.82) is 0 Å². The number of hydrogen-bond donors (Lipinski definition) is 0. The Hall–Kier alpha value is -1.98. The number of esters is 1. The zero-order valence-electron chi connectivity index (χ0n) is 10.5. The van der Waals surface area contributed by atoms with Gasteiger partial charge in [0.15, 0.2) is 17.7 Å². The SMILES string of the molecule is CCOC(=O)C1CN(Cc2cccc(F)c2F)C=N1. The van der Waals surface area contributed by atoms with Crippen molar-refractivity contribution in [2.24, 2.45) is 4.99 Å². The Labute approximate surface area is 109 Å². The highest BCUT2D eigenvalue weighted by Gasteiger charge is 2.26. The smallest absolute Gasteiger partial charge is 0.332 e. The van der Waals surface area contributed by atoms with Crippen LogP contribution in [0.15, 0.2) is 23.2 Å². The van der Waals surface area contributed by atoms with E-state index in [9.17, 15) is 13.6 Å². The molecule has 1 aliphatic rings. The second-order valence-corrected chi connectivity index (χ2v) is 4.17. The molecule has 0 aliphatic carbocycles. The summed E-state index contributed by atoms with van der Waals surface area (Å²) in [5, 5.41) is 0. The summed E-state index contributed by atoms with van der Waals surface area (Å²) in [6.07, 6.45) is 1.46. The maximum absolute atomic E-state index is 13.5. The first kappa shape index (κ1) is 13.5. The average Bonchev–Trinajstić information content (AvgIpc) is 2.84. The van der Waals surface area contributed by atoms with E-state index in [1.807, 2.05) is 0 Å². The van der Waals surface area contributed by atoms with E-state index in [0.29, 0.717) is 13.2 Å².